The Bertz CT molecular complexity index is 841. The highest BCUT2D eigenvalue weighted by Gasteiger charge is 2.21. The number of nitrogens with one attached hydrogen (secondary N) is 2. The number of benzene rings is 3. The summed E-state index contributed by atoms with van der Waals surface area (Å²) >= 11 is 0. The second-order valence-electron chi connectivity index (χ2n) is 6.56. The van der Waals surface area contributed by atoms with Crippen LogP contribution in [0.15, 0.2) is 91.0 Å². The first-order valence-electron chi connectivity index (χ1n) is 9.42. The predicted octanol–water partition coefficient (Wildman–Crippen LogP) is 3.29. The number of amides is 2. The van der Waals surface area contributed by atoms with Crippen LogP contribution in [0.5, 0.6) is 0 Å². The summed E-state index contributed by atoms with van der Waals surface area (Å²) in [4.78, 5) is 24.9. The lowest BCUT2D eigenvalue weighted by atomic mass is 9.90. The smallest absolute Gasteiger partial charge is 0.232 e. The Morgan fingerprint density at radius 2 is 1.11 bits per heavy atom. The number of hydrogen-bond donors (Lipinski definition) is 2. The first kappa shape index (κ1) is 19.4. The molecule has 0 spiro atoms. The van der Waals surface area contributed by atoms with Gasteiger partial charge >= 0.3 is 0 Å². The first-order chi connectivity index (χ1) is 13.7. The Hall–Kier alpha value is -3.40. The molecule has 3 aromatic rings. The summed E-state index contributed by atoms with van der Waals surface area (Å²) in [5.74, 6) is -0.500. The van der Waals surface area contributed by atoms with Gasteiger partial charge in [0.25, 0.3) is 0 Å². The molecule has 0 fully saturated rings. The van der Waals surface area contributed by atoms with Crippen molar-refractivity contribution < 1.29 is 9.59 Å². The van der Waals surface area contributed by atoms with Crippen LogP contribution >= 0.6 is 0 Å². The third-order valence-electron chi connectivity index (χ3n) is 4.48. The molecule has 0 aromatic heterocycles. The van der Waals surface area contributed by atoms with E-state index in [-0.39, 0.29) is 17.7 Å². The molecule has 0 bridgehead atoms. The van der Waals surface area contributed by atoms with Crippen LogP contribution in [0.3, 0.4) is 0 Å². The molecule has 2 N–H and O–H groups in total. The van der Waals surface area contributed by atoms with E-state index < -0.39 is 0 Å². The minimum atomic E-state index is -0.373. The maximum Gasteiger partial charge on any atom is 0.232 e. The van der Waals surface area contributed by atoms with E-state index in [1.54, 1.807) is 0 Å². The predicted molar refractivity (Wildman–Crippen MR) is 111 cm³/mol. The van der Waals surface area contributed by atoms with E-state index in [2.05, 4.69) is 10.6 Å². The molecule has 0 heterocycles. The van der Waals surface area contributed by atoms with Crippen LogP contribution in [0.1, 0.15) is 22.6 Å². The molecule has 4 nitrogen and oxygen atoms in total. The third kappa shape index (κ3) is 5.55. The quantitative estimate of drug-likeness (QED) is 0.596. The molecule has 0 saturated heterocycles. The number of hydrogen-bond acceptors (Lipinski definition) is 2. The summed E-state index contributed by atoms with van der Waals surface area (Å²) in [6, 6.07) is 29.0. The number of rotatable bonds is 8. The molecule has 0 saturated carbocycles. The first-order valence-corrected chi connectivity index (χ1v) is 9.42. The molecule has 3 rings (SSSR count). The molecule has 0 unspecified atom stereocenters. The molecule has 0 aliphatic carbocycles. The van der Waals surface area contributed by atoms with Crippen molar-refractivity contribution in [2.75, 3.05) is 13.1 Å². The van der Waals surface area contributed by atoms with Gasteiger partial charge in [0.2, 0.25) is 11.8 Å². The van der Waals surface area contributed by atoms with Crippen LogP contribution in [0.4, 0.5) is 0 Å². The van der Waals surface area contributed by atoms with Gasteiger partial charge in [-0.2, -0.15) is 0 Å². The Kier molecular flexibility index (Phi) is 6.96. The van der Waals surface area contributed by atoms with E-state index >= 15 is 0 Å². The van der Waals surface area contributed by atoms with Gasteiger partial charge < -0.3 is 10.6 Å². The molecule has 0 aliphatic rings. The fraction of sp³-hybridized carbons (Fsp3) is 0.167. The van der Waals surface area contributed by atoms with Crippen molar-refractivity contribution in [1.82, 2.24) is 10.6 Å². The SMILES string of the molecule is O=C(Cc1ccccc1)NCCNC(=O)C(c1ccccc1)c1ccccc1. The van der Waals surface area contributed by atoms with Gasteiger partial charge in [0.05, 0.1) is 12.3 Å². The summed E-state index contributed by atoms with van der Waals surface area (Å²) in [6.45, 7) is 0.781. The maximum atomic E-state index is 12.9. The lowest BCUT2D eigenvalue weighted by Crippen LogP contribution is -2.37. The lowest BCUT2D eigenvalue weighted by molar-refractivity contribution is -0.123. The van der Waals surface area contributed by atoms with Gasteiger partial charge in [-0.1, -0.05) is 91.0 Å². The lowest BCUT2D eigenvalue weighted by Gasteiger charge is -2.18. The average Bonchev–Trinajstić information content (AvgIpc) is 2.74. The van der Waals surface area contributed by atoms with E-state index in [0.29, 0.717) is 19.5 Å². The molecule has 3 aromatic carbocycles. The van der Waals surface area contributed by atoms with E-state index in [4.69, 9.17) is 0 Å². The van der Waals surface area contributed by atoms with Crippen molar-refractivity contribution >= 4 is 11.8 Å². The molecule has 0 atom stereocenters. The highest BCUT2D eigenvalue weighted by atomic mass is 16.2. The number of carbonyl (C=O) groups is 2. The Morgan fingerprint density at radius 1 is 0.643 bits per heavy atom. The molecular formula is C24H24N2O2. The standard InChI is InChI=1S/C24H24N2O2/c27-22(18-19-10-4-1-5-11-19)25-16-17-26-24(28)23(20-12-6-2-7-13-20)21-14-8-3-9-15-21/h1-15,23H,16-18H2,(H,25,27)(H,26,28). The Balaban J connectivity index is 1.54. The zero-order chi connectivity index (χ0) is 19.6. The van der Waals surface area contributed by atoms with E-state index in [1.807, 2.05) is 91.0 Å². The molecule has 28 heavy (non-hydrogen) atoms. The van der Waals surface area contributed by atoms with Crippen molar-refractivity contribution in [3.63, 3.8) is 0 Å². The van der Waals surface area contributed by atoms with Crippen LogP contribution in [0.25, 0.3) is 0 Å². The highest BCUT2D eigenvalue weighted by Crippen LogP contribution is 2.24. The fourth-order valence-electron chi connectivity index (χ4n) is 3.12. The van der Waals surface area contributed by atoms with Crippen molar-refractivity contribution in [2.45, 2.75) is 12.3 Å². The normalized spacial score (nSPS) is 10.5. The average molecular weight is 372 g/mol. The van der Waals surface area contributed by atoms with Crippen molar-refractivity contribution in [1.29, 1.82) is 0 Å². The zero-order valence-corrected chi connectivity index (χ0v) is 15.7. The zero-order valence-electron chi connectivity index (χ0n) is 15.7. The molecular weight excluding hydrogens is 348 g/mol. The van der Waals surface area contributed by atoms with E-state index in [9.17, 15) is 9.59 Å². The maximum absolute atomic E-state index is 12.9. The summed E-state index contributed by atoms with van der Waals surface area (Å²) < 4.78 is 0. The van der Waals surface area contributed by atoms with Crippen LogP contribution < -0.4 is 10.6 Å². The van der Waals surface area contributed by atoms with Crippen molar-refractivity contribution in [2.24, 2.45) is 0 Å². The Morgan fingerprint density at radius 3 is 1.64 bits per heavy atom. The molecule has 4 heteroatoms. The Labute approximate surface area is 165 Å². The van der Waals surface area contributed by atoms with Crippen LogP contribution in [-0.2, 0) is 16.0 Å². The second kappa shape index (κ2) is 10.1. The van der Waals surface area contributed by atoms with E-state index in [1.165, 1.54) is 0 Å². The van der Waals surface area contributed by atoms with Gasteiger partial charge in [0.1, 0.15) is 0 Å². The summed E-state index contributed by atoms with van der Waals surface area (Å²) in [5.41, 5.74) is 2.86. The largest absolute Gasteiger partial charge is 0.354 e. The molecule has 2 amide bonds. The molecule has 0 aliphatic heterocycles. The monoisotopic (exact) mass is 372 g/mol. The van der Waals surface area contributed by atoms with Crippen LogP contribution in [-0.4, -0.2) is 24.9 Å². The topological polar surface area (TPSA) is 58.2 Å². The minimum absolute atomic E-state index is 0.0527. The fourth-order valence-corrected chi connectivity index (χ4v) is 3.12. The number of carbonyl (C=O) groups excluding carboxylic acids is 2. The molecule has 0 radical (unpaired) electrons. The van der Waals surface area contributed by atoms with Crippen molar-refractivity contribution in [3.05, 3.63) is 108 Å². The highest BCUT2D eigenvalue weighted by molar-refractivity contribution is 5.87. The van der Waals surface area contributed by atoms with Crippen molar-refractivity contribution in [3.8, 4) is 0 Å². The minimum Gasteiger partial charge on any atom is -0.354 e. The van der Waals surface area contributed by atoms with Gasteiger partial charge in [-0.3, -0.25) is 9.59 Å². The summed E-state index contributed by atoms with van der Waals surface area (Å²) in [5, 5.41) is 5.80. The summed E-state index contributed by atoms with van der Waals surface area (Å²) in [6.07, 6.45) is 0.339. The van der Waals surface area contributed by atoms with E-state index in [0.717, 1.165) is 16.7 Å². The van der Waals surface area contributed by atoms with Crippen LogP contribution in [0, 0.1) is 0 Å². The molecule has 142 valence electrons. The van der Waals surface area contributed by atoms with Gasteiger partial charge in [0.15, 0.2) is 0 Å². The van der Waals surface area contributed by atoms with Crippen LogP contribution in [0.2, 0.25) is 0 Å². The van der Waals surface area contributed by atoms with Gasteiger partial charge in [-0.25, -0.2) is 0 Å². The second-order valence-corrected chi connectivity index (χ2v) is 6.56. The third-order valence-corrected chi connectivity index (χ3v) is 4.48. The van der Waals surface area contributed by atoms with Gasteiger partial charge in [0, 0.05) is 13.1 Å². The van der Waals surface area contributed by atoms with Gasteiger partial charge in [-0.05, 0) is 16.7 Å². The van der Waals surface area contributed by atoms with Gasteiger partial charge in [-0.15, -0.1) is 0 Å². The summed E-state index contributed by atoms with van der Waals surface area (Å²) in [7, 11) is 0.